The van der Waals surface area contributed by atoms with E-state index in [-0.39, 0.29) is 5.41 Å². The predicted molar refractivity (Wildman–Crippen MR) is 122 cm³/mol. The molecular formula is C24H34BNO5. The maximum absolute atomic E-state index is 10.5. The van der Waals surface area contributed by atoms with Crippen LogP contribution in [-0.4, -0.2) is 46.8 Å². The number of rotatable bonds is 11. The Kier molecular flexibility index (Phi) is 7.11. The van der Waals surface area contributed by atoms with E-state index >= 15 is 0 Å². The highest BCUT2D eigenvalue weighted by Crippen LogP contribution is 2.49. The van der Waals surface area contributed by atoms with Gasteiger partial charge < -0.3 is 24.3 Å². The number of hydrogen-bond donors (Lipinski definition) is 2. The molecule has 0 saturated heterocycles. The van der Waals surface area contributed by atoms with Crippen molar-refractivity contribution >= 4 is 12.9 Å². The van der Waals surface area contributed by atoms with Gasteiger partial charge in [0.1, 0.15) is 6.61 Å². The Labute approximate surface area is 185 Å². The summed E-state index contributed by atoms with van der Waals surface area (Å²) in [6.07, 6.45) is 2.60. The first-order chi connectivity index (χ1) is 14.5. The van der Waals surface area contributed by atoms with Crippen LogP contribution >= 0.6 is 0 Å². The number of aliphatic hydroxyl groups is 2. The molecule has 3 rings (SSSR count). The Balaban J connectivity index is 1.52. The van der Waals surface area contributed by atoms with E-state index in [1.807, 2.05) is 57.2 Å². The Bertz CT molecular complexity index is 862. The number of hydrogen-bond acceptors (Lipinski definition) is 6. The van der Waals surface area contributed by atoms with E-state index in [2.05, 4.69) is 4.98 Å². The molecule has 0 amide bonds. The smallest absolute Gasteiger partial charge is 0.311 e. The average molecular weight is 427 g/mol. The van der Waals surface area contributed by atoms with E-state index < -0.39 is 17.5 Å². The lowest BCUT2D eigenvalue weighted by Gasteiger charge is -2.37. The van der Waals surface area contributed by atoms with Crippen LogP contribution in [0.4, 0.5) is 0 Å². The molecule has 168 valence electrons. The summed E-state index contributed by atoms with van der Waals surface area (Å²) in [6.45, 7) is 9.92. The van der Waals surface area contributed by atoms with Crippen LogP contribution in [0.5, 0.6) is 5.88 Å². The molecule has 1 unspecified atom stereocenters. The molecule has 0 radical (unpaired) electrons. The summed E-state index contributed by atoms with van der Waals surface area (Å²) < 4.78 is 17.5. The molecule has 7 heteroatoms. The second-order valence-corrected chi connectivity index (χ2v) is 9.61. The minimum atomic E-state index is -0.959. The summed E-state index contributed by atoms with van der Waals surface area (Å²) in [5, 5.41) is 20.8. The fraction of sp³-hybridized carbons (Fsp3) is 0.542. The summed E-state index contributed by atoms with van der Waals surface area (Å²) in [6, 6.07) is 11.7. The zero-order chi connectivity index (χ0) is 22.7. The lowest BCUT2D eigenvalue weighted by atomic mass is 9.81. The van der Waals surface area contributed by atoms with Crippen molar-refractivity contribution in [1.82, 2.24) is 4.98 Å². The predicted octanol–water partition coefficient (Wildman–Crippen LogP) is 2.63. The highest BCUT2D eigenvalue weighted by Gasteiger charge is 2.51. The third kappa shape index (κ3) is 6.07. The molecule has 0 aliphatic heterocycles. The number of aryl methyl sites for hydroxylation is 1. The Morgan fingerprint density at radius 3 is 2.42 bits per heavy atom. The fourth-order valence-corrected chi connectivity index (χ4v) is 2.99. The van der Waals surface area contributed by atoms with Crippen molar-refractivity contribution in [2.75, 3.05) is 6.61 Å². The molecule has 1 aliphatic rings. The van der Waals surface area contributed by atoms with Gasteiger partial charge >= 0.3 is 7.48 Å². The first-order valence-corrected chi connectivity index (χ1v) is 10.8. The number of aromatic nitrogens is 1. The number of ether oxygens (including phenoxy) is 2. The van der Waals surface area contributed by atoms with Crippen molar-refractivity contribution in [2.24, 2.45) is 5.41 Å². The Morgan fingerprint density at radius 2 is 1.84 bits per heavy atom. The van der Waals surface area contributed by atoms with Crippen LogP contribution in [0, 0.1) is 12.3 Å². The van der Waals surface area contributed by atoms with Crippen LogP contribution < -0.4 is 10.2 Å². The number of pyridine rings is 1. The second kappa shape index (κ2) is 9.29. The van der Waals surface area contributed by atoms with E-state index in [4.69, 9.17) is 14.1 Å². The number of benzene rings is 1. The van der Waals surface area contributed by atoms with Gasteiger partial charge in [-0.1, -0.05) is 30.3 Å². The van der Waals surface area contributed by atoms with Gasteiger partial charge in [0.25, 0.3) is 0 Å². The molecule has 1 saturated carbocycles. The fourth-order valence-electron chi connectivity index (χ4n) is 2.99. The van der Waals surface area contributed by atoms with E-state index in [0.717, 1.165) is 29.4 Å². The molecule has 31 heavy (non-hydrogen) atoms. The van der Waals surface area contributed by atoms with Crippen LogP contribution in [0.25, 0.3) is 0 Å². The lowest BCUT2D eigenvalue weighted by molar-refractivity contribution is -0.158. The van der Waals surface area contributed by atoms with Crippen molar-refractivity contribution < 1.29 is 24.3 Å². The van der Waals surface area contributed by atoms with Gasteiger partial charge in [0.15, 0.2) is 6.29 Å². The van der Waals surface area contributed by atoms with Crippen LogP contribution in [-0.2, 0) is 16.0 Å². The molecule has 1 fully saturated rings. The van der Waals surface area contributed by atoms with Crippen molar-refractivity contribution in [3.63, 3.8) is 0 Å². The Hall–Kier alpha value is -1.93. The van der Waals surface area contributed by atoms with E-state index in [0.29, 0.717) is 26.6 Å². The molecule has 1 heterocycles. The highest BCUT2D eigenvalue weighted by molar-refractivity contribution is 6.47. The van der Waals surface area contributed by atoms with Gasteiger partial charge in [0.05, 0.1) is 23.2 Å². The highest BCUT2D eigenvalue weighted by atomic mass is 16.6. The summed E-state index contributed by atoms with van der Waals surface area (Å²) in [4.78, 5) is 4.40. The topological polar surface area (TPSA) is 81.0 Å². The standard InChI is InChI=1S/C24H34BNO5/c1-17-13-20(26-14-19(17)25-31-23(4,5)22(2,3)28)30-16-24(11-12-24)21(27)29-15-18-9-7-6-8-10-18/h6-10,13-14,21,25,27-28H,11-12,15-16H2,1-5H3. The van der Waals surface area contributed by atoms with Crippen molar-refractivity contribution in [3.8, 4) is 5.88 Å². The van der Waals surface area contributed by atoms with Crippen molar-refractivity contribution in [3.05, 3.63) is 53.7 Å². The molecule has 0 bridgehead atoms. The normalized spacial score (nSPS) is 16.6. The molecular weight excluding hydrogens is 393 g/mol. The summed E-state index contributed by atoms with van der Waals surface area (Å²) in [5.41, 5.74) is 0.950. The van der Waals surface area contributed by atoms with E-state index in [1.165, 1.54) is 0 Å². The maximum atomic E-state index is 10.5. The second-order valence-electron chi connectivity index (χ2n) is 9.61. The number of nitrogens with zero attached hydrogens (tertiary/aromatic N) is 1. The zero-order valence-electron chi connectivity index (χ0n) is 19.2. The van der Waals surface area contributed by atoms with Crippen LogP contribution in [0.3, 0.4) is 0 Å². The van der Waals surface area contributed by atoms with Gasteiger partial charge in [-0.25, -0.2) is 4.98 Å². The van der Waals surface area contributed by atoms with Crippen molar-refractivity contribution in [1.29, 1.82) is 0 Å². The minimum Gasteiger partial charge on any atom is -0.477 e. The van der Waals surface area contributed by atoms with Gasteiger partial charge in [-0.3, -0.25) is 0 Å². The van der Waals surface area contributed by atoms with E-state index in [1.54, 1.807) is 20.0 Å². The average Bonchev–Trinajstić information content (AvgIpc) is 3.51. The van der Waals surface area contributed by atoms with Gasteiger partial charge in [-0.2, -0.15) is 0 Å². The molecule has 1 aliphatic carbocycles. The van der Waals surface area contributed by atoms with Crippen LogP contribution in [0.1, 0.15) is 51.7 Å². The third-order valence-electron chi connectivity index (χ3n) is 6.43. The molecule has 0 spiro atoms. The molecule has 1 aromatic heterocycles. The lowest BCUT2D eigenvalue weighted by Crippen LogP contribution is -2.49. The van der Waals surface area contributed by atoms with Gasteiger partial charge in [0, 0.05) is 12.3 Å². The summed E-state index contributed by atoms with van der Waals surface area (Å²) >= 11 is 0. The molecule has 6 nitrogen and oxygen atoms in total. The van der Waals surface area contributed by atoms with Gasteiger partial charge in [-0.15, -0.1) is 0 Å². The molecule has 2 N–H and O–H groups in total. The monoisotopic (exact) mass is 427 g/mol. The summed E-state index contributed by atoms with van der Waals surface area (Å²) in [5.74, 6) is 0.518. The van der Waals surface area contributed by atoms with Crippen molar-refractivity contribution in [2.45, 2.75) is 71.6 Å². The maximum Gasteiger partial charge on any atom is 0.311 e. The SMILES string of the molecule is Cc1cc(OCC2(C(O)OCc3ccccc3)CC2)ncc1BOC(C)(C)C(C)(C)O. The quantitative estimate of drug-likeness (QED) is 0.424. The van der Waals surface area contributed by atoms with Crippen LogP contribution in [0.2, 0.25) is 0 Å². The molecule has 1 atom stereocenters. The first-order valence-electron chi connectivity index (χ1n) is 10.8. The third-order valence-corrected chi connectivity index (χ3v) is 6.43. The van der Waals surface area contributed by atoms with Gasteiger partial charge in [0.2, 0.25) is 5.88 Å². The van der Waals surface area contributed by atoms with Gasteiger partial charge in [-0.05, 0) is 64.1 Å². The summed E-state index contributed by atoms with van der Waals surface area (Å²) in [7, 11) is 0.353. The number of aliphatic hydroxyl groups excluding tert-OH is 1. The zero-order valence-corrected chi connectivity index (χ0v) is 19.2. The van der Waals surface area contributed by atoms with E-state index in [9.17, 15) is 10.2 Å². The largest absolute Gasteiger partial charge is 0.477 e. The first kappa shape index (κ1) is 23.7. The van der Waals surface area contributed by atoms with Crippen LogP contribution in [0.15, 0.2) is 42.6 Å². The minimum absolute atomic E-state index is 0.353. The Morgan fingerprint density at radius 1 is 1.16 bits per heavy atom. The molecule has 2 aromatic rings. The molecule has 1 aromatic carbocycles.